The Balaban J connectivity index is 1.04. The highest BCUT2D eigenvalue weighted by molar-refractivity contribution is 6.04. The molecule has 1 unspecified atom stereocenters. The van der Waals surface area contributed by atoms with Gasteiger partial charge in [0.1, 0.15) is 30.3 Å². The molecule has 2 aromatic carbocycles. The summed E-state index contributed by atoms with van der Waals surface area (Å²) in [6.45, 7) is 6.65. The molecule has 52 heavy (non-hydrogen) atoms. The highest BCUT2D eigenvalue weighted by Crippen LogP contribution is 2.43. The van der Waals surface area contributed by atoms with Crippen LogP contribution in [0.4, 0.5) is 4.79 Å². The average molecular weight is 713 g/mol. The molecule has 7 rings (SSSR count). The molecule has 2 N–H and O–H groups in total. The van der Waals surface area contributed by atoms with Crippen LogP contribution < -0.4 is 10.1 Å². The van der Waals surface area contributed by atoms with Gasteiger partial charge in [0.25, 0.3) is 0 Å². The molecule has 12 heteroatoms. The number of carbonyl (C=O) groups excluding carboxylic acids is 4. The Labute approximate surface area is 303 Å². The molecule has 276 valence electrons. The zero-order valence-electron chi connectivity index (χ0n) is 30.5. The topological polar surface area (TPSA) is 149 Å². The maximum Gasteiger partial charge on any atom is 0.407 e. The monoisotopic (exact) mass is 712 g/mol. The van der Waals surface area contributed by atoms with Crippen LogP contribution in [0.3, 0.4) is 0 Å². The van der Waals surface area contributed by atoms with Crippen LogP contribution in [0.1, 0.15) is 92.5 Å². The largest absolute Gasteiger partial charge is 0.488 e. The fourth-order valence-corrected chi connectivity index (χ4v) is 8.46. The molecule has 2 aliphatic heterocycles. The van der Waals surface area contributed by atoms with Crippen molar-refractivity contribution in [3.8, 4) is 28.1 Å². The molecule has 1 saturated carbocycles. The summed E-state index contributed by atoms with van der Waals surface area (Å²) in [5.74, 6) is 1.15. The van der Waals surface area contributed by atoms with Crippen LogP contribution >= 0.6 is 0 Å². The number of likely N-dealkylation sites (tertiary alicyclic amines) is 1. The van der Waals surface area contributed by atoms with Gasteiger partial charge < -0.3 is 34.1 Å². The van der Waals surface area contributed by atoms with E-state index in [1.165, 1.54) is 12.0 Å². The summed E-state index contributed by atoms with van der Waals surface area (Å²) in [6.07, 6.45) is 5.48. The van der Waals surface area contributed by atoms with Crippen LogP contribution in [0.5, 0.6) is 5.75 Å². The Hall–Kier alpha value is -4.71. The van der Waals surface area contributed by atoms with E-state index in [-0.39, 0.29) is 23.7 Å². The molecular weight excluding hydrogens is 664 g/mol. The van der Waals surface area contributed by atoms with Crippen molar-refractivity contribution >= 4 is 23.8 Å². The van der Waals surface area contributed by atoms with E-state index < -0.39 is 30.3 Å². The predicted octanol–water partition coefficient (Wildman–Crippen LogP) is 5.97. The van der Waals surface area contributed by atoms with E-state index in [9.17, 15) is 19.2 Å². The number of ketones is 1. The second-order valence-electron chi connectivity index (χ2n) is 15.1. The van der Waals surface area contributed by atoms with Crippen molar-refractivity contribution in [2.24, 2.45) is 11.8 Å². The van der Waals surface area contributed by atoms with Crippen LogP contribution in [-0.2, 0) is 36.8 Å². The van der Waals surface area contributed by atoms with Crippen molar-refractivity contribution in [3.63, 3.8) is 0 Å². The Morgan fingerprint density at radius 1 is 1.02 bits per heavy atom. The van der Waals surface area contributed by atoms with E-state index in [4.69, 9.17) is 23.9 Å². The van der Waals surface area contributed by atoms with Crippen LogP contribution in [0, 0.1) is 11.8 Å². The van der Waals surface area contributed by atoms with Gasteiger partial charge in [-0.05, 0) is 104 Å². The third kappa shape index (κ3) is 6.80. The number of methoxy groups -OCH3 is 2. The van der Waals surface area contributed by atoms with Gasteiger partial charge in [-0.1, -0.05) is 26.0 Å². The van der Waals surface area contributed by atoms with Gasteiger partial charge in [0.2, 0.25) is 11.7 Å². The van der Waals surface area contributed by atoms with E-state index >= 15 is 0 Å². The minimum atomic E-state index is -0.965. The van der Waals surface area contributed by atoms with Gasteiger partial charge in [-0.25, -0.2) is 14.6 Å². The number of Topliss-reactive ketones (excluding diaryl/α,β-unsaturated/α-hetero) is 1. The predicted molar refractivity (Wildman–Crippen MR) is 192 cm³/mol. The summed E-state index contributed by atoms with van der Waals surface area (Å²) < 4.78 is 22.2. The third-order valence-corrected chi connectivity index (χ3v) is 11.3. The van der Waals surface area contributed by atoms with E-state index in [1.54, 1.807) is 13.2 Å². The summed E-state index contributed by atoms with van der Waals surface area (Å²) in [5, 5.41) is 2.60. The molecule has 0 radical (unpaired) electrons. The first kappa shape index (κ1) is 35.7. The van der Waals surface area contributed by atoms with E-state index in [0.29, 0.717) is 55.4 Å². The number of ether oxygens (including phenoxy) is 4. The number of hydrogen-bond donors (Lipinski definition) is 2. The van der Waals surface area contributed by atoms with Crippen LogP contribution in [0.15, 0.2) is 36.5 Å². The number of rotatable bonds is 9. The molecule has 12 nitrogen and oxygen atoms in total. The van der Waals surface area contributed by atoms with Crippen LogP contribution in [0.25, 0.3) is 22.4 Å². The Morgan fingerprint density at radius 3 is 2.62 bits per heavy atom. The van der Waals surface area contributed by atoms with Crippen molar-refractivity contribution in [2.45, 2.75) is 102 Å². The van der Waals surface area contributed by atoms with Crippen molar-refractivity contribution in [2.75, 3.05) is 20.8 Å². The summed E-state index contributed by atoms with van der Waals surface area (Å²) in [5.41, 5.74) is 6.46. The lowest BCUT2D eigenvalue weighted by Crippen LogP contribution is -2.56. The number of fused-ring (bicyclic) bond motifs is 4. The minimum Gasteiger partial charge on any atom is -0.488 e. The molecule has 3 aromatic rings. The average Bonchev–Trinajstić information content (AvgIpc) is 3.91. The number of carbonyl (C=O) groups is 4. The fourth-order valence-electron chi connectivity index (χ4n) is 8.46. The van der Waals surface area contributed by atoms with Gasteiger partial charge in [-0.15, -0.1) is 0 Å². The quantitative estimate of drug-likeness (QED) is 0.256. The summed E-state index contributed by atoms with van der Waals surface area (Å²) in [6, 6.07) is 8.20. The molecule has 0 bridgehead atoms. The highest BCUT2D eigenvalue weighted by Gasteiger charge is 2.45. The molecular formula is C40H48N4O8. The third-order valence-electron chi connectivity index (χ3n) is 11.3. The Kier molecular flexibility index (Phi) is 10.1. The molecule has 0 spiro atoms. The number of aromatic amines is 1. The fraction of sp³-hybridized carbons (Fsp3) is 0.525. The zero-order chi connectivity index (χ0) is 36.7. The zero-order valence-corrected chi connectivity index (χ0v) is 30.5. The first-order chi connectivity index (χ1) is 25.1. The number of amides is 2. The Morgan fingerprint density at radius 2 is 1.85 bits per heavy atom. The molecule has 2 aliphatic carbocycles. The number of aryl methyl sites for hydroxylation is 1. The van der Waals surface area contributed by atoms with Crippen molar-refractivity contribution in [1.82, 2.24) is 20.2 Å². The van der Waals surface area contributed by atoms with Gasteiger partial charge in [0, 0.05) is 36.8 Å². The smallest absolute Gasteiger partial charge is 0.407 e. The van der Waals surface area contributed by atoms with Crippen molar-refractivity contribution < 1.29 is 38.1 Å². The molecule has 3 heterocycles. The number of nitrogens with zero attached hydrogens (tertiary/aromatic N) is 2. The van der Waals surface area contributed by atoms with E-state index in [1.807, 2.05) is 33.0 Å². The maximum absolute atomic E-state index is 13.8. The van der Waals surface area contributed by atoms with Crippen LogP contribution in [0.2, 0.25) is 0 Å². The lowest BCUT2D eigenvalue weighted by Gasteiger charge is -2.33. The number of hydrogen-bond acceptors (Lipinski definition) is 9. The van der Waals surface area contributed by atoms with Gasteiger partial charge in [0.05, 0.1) is 19.0 Å². The number of imidazole rings is 1. The molecule has 1 saturated heterocycles. The van der Waals surface area contributed by atoms with Gasteiger partial charge in [0.15, 0.2) is 6.10 Å². The maximum atomic E-state index is 13.8. The van der Waals surface area contributed by atoms with Gasteiger partial charge in [-0.2, -0.15) is 0 Å². The number of aromatic nitrogens is 2. The highest BCUT2D eigenvalue weighted by atomic mass is 16.6. The Bertz CT molecular complexity index is 1870. The molecule has 1 aromatic heterocycles. The second-order valence-corrected chi connectivity index (χ2v) is 15.1. The van der Waals surface area contributed by atoms with Crippen molar-refractivity contribution in [1.29, 1.82) is 0 Å². The number of esters is 1. The second kappa shape index (κ2) is 14.7. The first-order valence-electron chi connectivity index (χ1n) is 18.4. The number of alkyl carbamates (subject to hydrolysis) is 1. The molecule has 2 amide bonds. The number of nitrogens with one attached hydrogen (secondary N) is 2. The summed E-state index contributed by atoms with van der Waals surface area (Å²) in [4.78, 5) is 62.8. The number of benzene rings is 2. The van der Waals surface area contributed by atoms with Gasteiger partial charge in [-0.3, -0.25) is 9.59 Å². The minimum absolute atomic E-state index is 0.237. The standard InChI is InChI=1S/C40H48N4O8/c1-21(2)35(43-40(48)50-5)38(46)44-22(3)6-12-32(44)39(47)52-33-13-10-24-16-30-28-11-9-25(15-27(28)20-51-34(30)17-29(24)36(33)45)31-18-41-37(42-31)26-8-7-23(14-26)19-49-4/h9,11,15-18,21-23,26,32-33,35H,6-8,10,12-14,19-20H2,1-5H3,(H,41,42)(H,43,48)/t22-,23+,26-,32-,33?,35-/m0/s1. The lowest BCUT2D eigenvalue weighted by molar-refractivity contribution is -0.158. The number of H-pyrrole nitrogens is 1. The molecule has 6 atom stereocenters. The first-order valence-corrected chi connectivity index (χ1v) is 18.4. The molecule has 2 fully saturated rings. The normalized spacial score (nSPS) is 24.1. The SMILES string of the molecule is COC[C@@H]1CC[C@H](c2ncc(-c3ccc4c(c3)COc3cc5c(cc3-4)CCC(OC(=O)[C@@H]3CC[C@H](C)N3C(=O)[C@@H](NC(=O)OC)C(C)C)C5=O)[nH]2)C1. The lowest BCUT2D eigenvalue weighted by atomic mass is 9.84. The van der Waals surface area contributed by atoms with Crippen LogP contribution in [-0.4, -0.2) is 83.7 Å². The molecule has 4 aliphatic rings. The summed E-state index contributed by atoms with van der Waals surface area (Å²) >= 11 is 0. The van der Waals surface area contributed by atoms with Crippen molar-refractivity contribution in [3.05, 3.63) is 59.0 Å². The van der Waals surface area contributed by atoms with E-state index in [0.717, 1.165) is 65.2 Å². The summed E-state index contributed by atoms with van der Waals surface area (Å²) in [7, 11) is 2.99. The van der Waals surface area contributed by atoms with Gasteiger partial charge >= 0.3 is 12.1 Å². The van der Waals surface area contributed by atoms with E-state index in [2.05, 4.69) is 28.5 Å².